The van der Waals surface area contributed by atoms with Crippen LogP contribution >= 0.6 is 0 Å². The van der Waals surface area contributed by atoms with Gasteiger partial charge in [-0.25, -0.2) is 0 Å². The molecule has 0 atom stereocenters. The number of nitrogens with zero attached hydrogens (tertiary/aromatic N) is 1. The predicted octanol–water partition coefficient (Wildman–Crippen LogP) is 1.47. The van der Waals surface area contributed by atoms with Gasteiger partial charge in [0.1, 0.15) is 0 Å². The van der Waals surface area contributed by atoms with Crippen molar-refractivity contribution in [2.75, 3.05) is 0 Å². The molecule has 60 valence electrons. The van der Waals surface area contributed by atoms with E-state index < -0.39 is 0 Å². The van der Waals surface area contributed by atoms with E-state index in [1.54, 1.807) is 19.9 Å². The van der Waals surface area contributed by atoms with Gasteiger partial charge in [-0.3, -0.25) is 4.99 Å². The van der Waals surface area contributed by atoms with E-state index in [2.05, 4.69) is 11.7 Å². The molecule has 0 rings (SSSR count). The summed E-state index contributed by atoms with van der Waals surface area (Å²) >= 11 is 0. The summed E-state index contributed by atoms with van der Waals surface area (Å²) in [6.07, 6.45) is 2.90. The third-order valence-electron chi connectivity index (χ3n) is 1.29. The van der Waals surface area contributed by atoms with Crippen LogP contribution in [0.5, 0.6) is 0 Å². The number of hydrogen-bond donors (Lipinski definition) is 2. The quantitative estimate of drug-likeness (QED) is 0.465. The maximum absolute atomic E-state index is 6.90. The van der Waals surface area contributed by atoms with Crippen LogP contribution in [0.25, 0.3) is 0 Å². The van der Waals surface area contributed by atoms with E-state index in [-0.39, 0.29) is 0 Å². The molecule has 0 amide bonds. The Balaban J connectivity index is 4.62. The van der Waals surface area contributed by atoms with Gasteiger partial charge < -0.3 is 11.1 Å². The average Bonchev–Trinajstić information content (AvgIpc) is 2.02. The van der Waals surface area contributed by atoms with E-state index >= 15 is 0 Å². The number of nitrogens with two attached hydrogens (primary N) is 1. The second-order valence-corrected chi connectivity index (χ2v) is 2.23. The first-order chi connectivity index (χ1) is 5.11. The number of rotatable bonds is 3. The Bertz CT molecular complexity index is 223. The Kier molecular flexibility index (Phi) is 3.88. The first-order valence-electron chi connectivity index (χ1n) is 3.23. The van der Waals surface area contributed by atoms with Gasteiger partial charge in [-0.05, 0) is 32.2 Å². The van der Waals surface area contributed by atoms with Crippen LogP contribution in [0.15, 0.2) is 28.0 Å². The molecule has 0 radical (unpaired) electrons. The first-order valence-corrected chi connectivity index (χ1v) is 3.23. The summed E-state index contributed by atoms with van der Waals surface area (Å²) < 4.78 is 0. The largest absolute Gasteiger partial charge is 0.398 e. The van der Waals surface area contributed by atoms with Gasteiger partial charge in [0.15, 0.2) is 0 Å². The zero-order chi connectivity index (χ0) is 8.85. The molecule has 0 spiro atoms. The molecule has 0 bridgehead atoms. The van der Waals surface area contributed by atoms with E-state index in [9.17, 15) is 0 Å². The van der Waals surface area contributed by atoms with Gasteiger partial charge in [0.2, 0.25) is 0 Å². The van der Waals surface area contributed by atoms with Gasteiger partial charge in [0.25, 0.3) is 0 Å². The van der Waals surface area contributed by atoms with Crippen LogP contribution in [0.1, 0.15) is 13.8 Å². The highest BCUT2D eigenvalue weighted by molar-refractivity contribution is 5.76. The minimum absolute atomic E-state index is 0.560. The van der Waals surface area contributed by atoms with Crippen LogP contribution in [0.4, 0.5) is 0 Å². The minimum Gasteiger partial charge on any atom is -0.398 e. The Morgan fingerprint density at radius 3 is 2.45 bits per heavy atom. The lowest BCUT2D eigenvalue weighted by molar-refractivity contribution is 1.26. The minimum atomic E-state index is 0.560. The fraction of sp³-hybridized carbons (Fsp3) is 0.250. The third kappa shape index (κ3) is 3.35. The van der Waals surface area contributed by atoms with Crippen molar-refractivity contribution < 1.29 is 0 Å². The number of nitrogens with one attached hydrogen (secondary N) is 1. The molecule has 0 aromatic rings. The van der Waals surface area contributed by atoms with Crippen LogP contribution < -0.4 is 5.73 Å². The van der Waals surface area contributed by atoms with E-state index in [1.807, 2.05) is 0 Å². The second kappa shape index (κ2) is 4.44. The van der Waals surface area contributed by atoms with Gasteiger partial charge in [-0.2, -0.15) is 0 Å². The summed E-state index contributed by atoms with van der Waals surface area (Å²) in [7, 11) is 0. The normalized spacial score (nSPS) is 13.8. The molecule has 0 unspecified atom stereocenters. The average molecular weight is 151 g/mol. The van der Waals surface area contributed by atoms with Crippen LogP contribution in [0.3, 0.4) is 0 Å². The molecule has 0 saturated heterocycles. The van der Waals surface area contributed by atoms with Crippen molar-refractivity contribution in [2.45, 2.75) is 13.8 Å². The van der Waals surface area contributed by atoms with Gasteiger partial charge in [-0.1, -0.05) is 0 Å². The van der Waals surface area contributed by atoms with Crippen molar-refractivity contribution in [2.24, 2.45) is 10.7 Å². The van der Waals surface area contributed by atoms with Gasteiger partial charge in [0, 0.05) is 17.6 Å². The highest BCUT2D eigenvalue weighted by Gasteiger charge is 1.90. The zero-order valence-corrected chi connectivity index (χ0v) is 6.89. The number of hydrogen-bond acceptors (Lipinski definition) is 3. The zero-order valence-electron chi connectivity index (χ0n) is 6.89. The molecule has 0 aromatic heterocycles. The van der Waals surface area contributed by atoms with Crippen molar-refractivity contribution in [3.05, 3.63) is 23.0 Å². The maximum atomic E-state index is 6.90. The molecule has 0 aliphatic carbocycles. The van der Waals surface area contributed by atoms with Crippen molar-refractivity contribution >= 4 is 12.9 Å². The Labute approximate surface area is 66.8 Å². The molecule has 0 saturated carbocycles. The van der Waals surface area contributed by atoms with Crippen molar-refractivity contribution in [3.8, 4) is 0 Å². The molecule has 0 aromatic carbocycles. The SMILES string of the molecule is C=N/C(C)=C\C(N)=C(/C)C=N. The standard InChI is InChI=1S/C8H13N3/c1-6(5-9)8(10)4-7(2)11-3/h4-5,9H,3,10H2,1-2H3/b7-4-,8-6-,9-5?. The molecule has 0 fully saturated rings. The Morgan fingerprint density at radius 2 is 2.09 bits per heavy atom. The summed E-state index contributed by atoms with van der Waals surface area (Å²) in [4.78, 5) is 3.67. The van der Waals surface area contributed by atoms with Crippen LogP contribution in [-0.4, -0.2) is 12.9 Å². The smallest absolute Gasteiger partial charge is 0.0385 e. The summed E-state index contributed by atoms with van der Waals surface area (Å²) in [5.41, 5.74) is 7.61. The lowest BCUT2D eigenvalue weighted by Gasteiger charge is -1.96. The monoisotopic (exact) mass is 151 g/mol. The van der Waals surface area contributed by atoms with E-state index in [0.717, 1.165) is 11.3 Å². The molecule has 0 aliphatic heterocycles. The lowest BCUT2D eigenvalue weighted by Crippen LogP contribution is -1.98. The highest BCUT2D eigenvalue weighted by atomic mass is 14.7. The Hall–Kier alpha value is -1.38. The summed E-state index contributed by atoms with van der Waals surface area (Å²) in [6.45, 7) is 6.92. The van der Waals surface area contributed by atoms with E-state index in [1.165, 1.54) is 6.21 Å². The lowest BCUT2D eigenvalue weighted by atomic mass is 10.2. The second-order valence-electron chi connectivity index (χ2n) is 2.23. The summed E-state index contributed by atoms with van der Waals surface area (Å²) in [5, 5.41) is 6.90. The number of allylic oxidation sites excluding steroid dienone is 3. The van der Waals surface area contributed by atoms with Gasteiger partial charge >= 0.3 is 0 Å². The molecular weight excluding hydrogens is 138 g/mol. The van der Waals surface area contributed by atoms with Crippen molar-refractivity contribution in [1.29, 1.82) is 5.41 Å². The topological polar surface area (TPSA) is 62.2 Å². The molecule has 3 heteroatoms. The molecule has 0 aliphatic rings. The van der Waals surface area contributed by atoms with Crippen molar-refractivity contribution in [3.63, 3.8) is 0 Å². The van der Waals surface area contributed by atoms with E-state index in [4.69, 9.17) is 11.1 Å². The molecule has 3 N–H and O–H groups in total. The maximum Gasteiger partial charge on any atom is 0.0385 e. The fourth-order valence-electron chi connectivity index (χ4n) is 0.468. The van der Waals surface area contributed by atoms with Crippen LogP contribution in [0.2, 0.25) is 0 Å². The van der Waals surface area contributed by atoms with Gasteiger partial charge in [-0.15, -0.1) is 0 Å². The highest BCUT2D eigenvalue weighted by Crippen LogP contribution is 2.01. The Morgan fingerprint density at radius 1 is 1.55 bits per heavy atom. The van der Waals surface area contributed by atoms with E-state index in [0.29, 0.717) is 5.70 Å². The molecular formula is C8H13N3. The first kappa shape index (κ1) is 9.62. The van der Waals surface area contributed by atoms with Crippen LogP contribution in [0, 0.1) is 5.41 Å². The summed E-state index contributed by atoms with van der Waals surface area (Å²) in [5.74, 6) is 0. The number of aliphatic imine (C=N–C) groups is 1. The predicted molar refractivity (Wildman–Crippen MR) is 49.0 cm³/mol. The van der Waals surface area contributed by atoms with Gasteiger partial charge in [0.05, 0.1) is 0 Å². The third-order valence-corrected chi connectivity index (χ3v) is 1.29. The molecule has 11 heavy (non-hydrogen) atoms. The fourth-order valence-corrected chi connectivity index (χ4v) is 0.468. The molecule has 0 heterocycles. The molecule has 3 nitrogen and oxygen atoms in total. The van der Waals surface area contributed by atoms with Crippen LogP contribution in [-0.2, 0) is 0 Å². The summed E-state index contributed by atoms with van der Waals surface area (Å²) in [6, 6.07) is 0. The van der Waals surface area contributed by atoms with Crippen molar-refractivity contribution in [1.82, 2.24) is 0 Å².